The van der Waals surface area contributed by atoms with Gasteiger partial charge in [-0.3, -0.25) is 14.5 Å². The number of fused-ring (bicyclic) bond motifs is 3. The van der Waals surface area contributed by atoms with Gasteiger partial charge in [-0.25, -0.2) is 0 Å². The van der Waals surface area contributed by atoms with Crippen LogP contribution in [0.25, 0.3) is 10.9 Å². The van der Waals surface area contributed by atoms with Gasteiger partial charge in [0.2, 0.25) is 5.91 Å². The molecule has 0 saturated heterocycles. The second-order valence-electron chi connectivity index (χ2n) is 8.72. The first-order valence-corrected chi connectivity index (χ1v) is 10.9. The second kappa shape index (κ2) is 7.45. The first-order valence-electron chi connectivity index (χ1n) is 10.9. The Hall–Kier alpha value is -3.28. The van der Waals surface area contributed by atoms with E-state index in [1.807, 2.05) is 66.1 Å². The number of amides is 2. The van der Waals surface area contributed by atoms with Crippen LogP contribution in [0.3, 0.4) is 0 Å². The average Bonchev–Trinajstić information content (AvgIpc) is 3.42. The molecule has 160 valence electrons. The number of hydrogen-bond donors (Lipinski definition) is 1. The number of rotatable bonds is 4. The van der Waals surface area contributed by atoms with E-state index in [1.54, 1.807) is 12.0 Å². The number of methoxy groups -OCH3 is 1. The van der Waals surface area contributed by atoms with Gasteiger partial charge < -0.3 is 14.6 Å². The third-order valence-electron chi connectivity index (χ3n) is 6.70. The Morgan fingerprint density at radius 1 is 1.10 bits per heavy atom. The van der Waals surface area contributed by atoms with Crippen molar-refractivity contribution in [3.8, 4) is 5.75 Å². The minimum absolute atomic E-state index is 0.123. The van der Waals surface area contributed by atoms with Gasteiger partial charge in [0.15, 0.2) is 0 Å². The molecule has 2 amide bonds. The highest BCUT2D eigenvalue weighted by Crippen LogP contribution is 2.40. The molecule has 1 unspecified atom stereocenters. The molecule has 6 heteroatoms. The van der Waals surface area contributed by atoms with Gasteiger partial charge in [-0.05, 0) is 44.0 Å². The van der Waals surface area contributed by atoms with E-state index in [0.717, 1.165) is 36.6 Å². The monoisotopic (exact) mass is 417 g/mol. The lowest BCUT2D eigenvalue weighted by Gasteiger charge is -2.44. The number of benzene rings is 2. The van der Waals surface area contributed by atoms with Crippen molar-refractivity contribution in [1.29, 1.82) is 0 Å². The van der Waals surface area contributed by atoms with E-state index in [0.29, 0.717) is 23.7 Å². The van der Waals surface area contributed by atoms with E-state index in [9.17, 15) is 9.59 Å². The van der Waals surface area contributed by atoms with Gasteiger partial charge in [0.1, 0.15) is 17.0 Å². The number of carbonyl (C=O) groups is 2. The van der Waals surface area contributed by atoms with E-state index < -0.39 is 5.54 Å². The standard InChI is InChI=1S/C25H27N3O3/c1-25(24(30)26-18-10-4-5-11-18)16-27-19-12-6-3-9-17(19)15-21(27)23(29)28(25)20-13-7-8-14-22(20)31-2/h3,6-9,12-15,18H,4-5,10-11,16H2,1-2H3,(H,26,30). The molecular weight excluding hydrogens is 390 g/mol. The lowest BCUT2D eigenvalue weighted by Crippen LogP contribution is -2.65. The first-order chi connectivity index (χ1) is 15.0. The molecule has 1 N–H and O–H groups in total. The van der Waals surface area contributed by atoms with E-state index in [-0.39, 0.29) is 17.9 Å². The van der Waals surface area contributed by atoms with E-state index >= 15 is 0 Å². The number of carbonyl (C=O) groups excluding carboxylic acids is 2. The summed E-state index contributed by atoms with van der Waals surface area (Å²) in [6.07, 6.45) is 4.23. The summed E-state index contributed by atoms with van der Waals surface area (Å²) in [7, 11) is 1.58. The van der Waals surface area contributed by atoms with Crippen LogP contribution < -0.4 is 15.0 Å². The summed E-state index contributed by atoms with van der Waals surface area (Å²) in [6.45, 7) is 2.23. The molecule has 1 aliphatic carbocycles. The highest BCUT2D eigenvalue weighted by atomic mass is 16.5. The van der Waals surface area contributed by atoms with Crippen molar-refractivity contribution in [3.63, 3.8) is 0 Å². The molecule has 5 rings (SSSR count). The maximum atomic E-state index is 13.9. The topological polar surface area (TPSA) is 63.6 Å². The molecule has 1 aliphatic heterocycles. The second-order valence-corrected chi connectivity index (χ2v) is 8.72. The van der Waals surface area contributed by atoms with Crippen molar-refractivity contribution in [2.24, 2.45) is 0 Å². The zero-order chi connectivity index (χ0) is 21.6. The molecule has 1 saturated carbocycles. The fourth-order valence-electron chi connectivity index (χ4n) is 5.05. The third kappa shape index (κ3) is 3.09. The Morgan fingerprint density at radius 2 is 1.81 bits per heavy atom. The van der Waals surface area contributed by atoms with Crippen molar-refractivity contribution in [2.45, 2.75) is 50.7 Å². The zero-order valence-electron chi connectivity index (χ0n) is 17.9. The van der Waals surface area contributed by atoms with Crippen LogP contribution in [0.15, 0.2) is 54.6 Å². The summed E-state index contributed by atoms with van der Waals surface area (Å²) in [5, 5.41) is 4.22. The van der Waals surface area contributed by atoms with Crippen LogP contribution in [0.4, 0.5) is 5.69 Å². The van der Waals surface area contributed by atoms with Crippen molar-refractivity contribution in [3.05, 3.63) is 60.3 Å². The number of nitrogens with one attached hydrogen (secondary N) is 1. The number of anilines is 1. The van der Waals surface area contributed by atoms with Crippen LogP contribution in [0.2, 0.25) is 0 Å². The van der Waals surface area contributed by atoms with Gasteiger partial charge in [-0.1, -0.05) is 43.2 Å². The predicted octanol–water partition coefficient (Wildman–Crippen LogP) is 4.13. The molecule has 2 aromatic carbocycles. The number of para-hydroxylation sites is 3. The maximum Gasteiger partial charge on any atom is 0.276 e. The summed E-state index contributed by atoms with van der Waals surface area (Å²) >= 11 is 0. The minimum atomic E-state index is -1.09. The van der Waals surface area contributed by atoms with Gasteiger partial charge in [-0.15, -0.1) is 0 Å². The largest absolute Gasteiger partial charge is 0.495 e. The van der Waals surface area contributed by atoms with Crippen molar-refractivity contribution in [2.75, 3.05) is 12.0 Å². The van der Waals surface area contributed by atoms with Gasteiger partial charge >= 0.3 is 0 Å². The molecular formula is C25H27N3O3. The molecule has 0 radical (unpaired) electrons. The summed E-state index contributed by atoms with van der Waals surface area (Å²) < 4.78 is 7.55. The third-order valence-corrected chi connectivity index (χ3v) is 6.70. The fourth-order valence-corrected chi connectivity index (χ4v) is 5.05. The number of nitrogens with zero attached hydrogens (tertiary/aromatic N) is 2. The maximum absolute atomic E-state index is 13.9. The number of hydrogen-bond acceptors (Lipinski definition) is 3. The Morgan fingerprint density at radius 3 is 2.58 bits per heavy atom. The van der Waals surface area contributed by atoms with Gasteiger partial charge in [0.05, 0.1) is 19.3 Å². The fraction of sp³-hybridized carbons (Fsp3) is 0.360. The van der Waals surface area contributed by atoms with Crippen LogP contribution in [-0.2, 0) is 11.3 Å². The smallest absolute Gasteiger partial charge is 0.276 e. The van der Waals surface area contributed by atoms with Crippen molar-refractivity contribution >= 4 is 28.4 Å². The summed E-state index contributed by atoms with van der Waals surface area (Å²) in [5.74, 6) is 0.249. The molecule has 0 spiro atoms. The Labute approximate surface area is 181 Å². The van der Waals surface area contributed by atoms with E-state index in [2.05, 4.69) is 5.32 Å². The highest BCUT2D eigenvalue weighted by molar-refractivity contribution is 6.14. The molecule has 1 fully saturated rings. The Balaban J connectivity index is 1.67. The van der Waals surface area contributed by atoms with Crippen LogP contribution >= 0.6 is 0 Å². The van der Waals surface area contributed by atoms with Crippen LogP contribution in [0.1, 0.15) is 43.1 Å². The lowest BCUT2D eigenvalue weighted by atomic mass is 9.93. The minimum Gasteiger partial charge on any atom is -0.495 e. The average molecular weight is 418 g/mol. The van der Waals surface area contributed by atoms with Gasteiger partial charge in [0.25, 0.3) is 5.91 Å². The van der Waals surface area contributed by atoms with E-state index in [4.69, 9.17) is 4.74 Å². The number of aromatic nitrogens is 1. The van der Waals surface area contributed by atoms with Crippen LogP contribution in [0.5, 0.6) is 5.75 Å². The molecule has 3 aromatic rings. The summed E-state index contributed by atoms with van der Waals surface area (Å²) in [5.41, 5.74) is 1.06. The highest BCUT2D eigenvalue weighted by Gasteiger charge is 2.49. The van der Waals surface area contributed by atoms with Crippen LogP contribution in [0, 0.1) is 0 Å². The normalized spacial score (nSPS) is 21.4. The van der Waals surface area contributed by atoms with Crippen molar-refractivity contribution in [1.82, 2.24) is 9.88 Å². The molecule has 31 heavy (non-hydrogen) atoms. The van der Waals surface area contributed by atoms with Gasteiger partial charge in [0, 0.05) is 16.9 Å². The summed E-state index contributed by atoms with van der Waals surface area (Å²) in [4.78, 5) is 29.2. The summed E-state index contributed by atoms with van der Waals surface area (Å²) in [6, 6.07) is 17.4. The number of ether oxygens (including phenoxy) is 1. The SMILES string of the molecule is COc1ccccc1N1C(=O)c2cc3ccccc3n2CC1(C)C(=O)NC1CCCC1. The molecule has 6 nitrogen and oxygen atoms in total. The predicted molar refractivity (Wildman–Crippen MR) is 121 cm³/mol. The van der Waals surface area contributed by atoms with Crippen LogP contribution in [-0.4, -0.2) is 35.1 Å². The quantitative estimate of drug-likeness (QED) is 0.694. The molecule has 2 heterocycles. The molecule has 1 aromatic heterocycles. The molecule has 1 atom stereocenters. The van der Waals surface area contributed by atoms with Crippen molar-refractivity contribution < 1.29 is 14.3 Å². The zero-order valence-corrected chi connectivity index (χ0v) is 17.9. The van der Waals surface area contributed by atoms with Gasteiger partial charge in [-0.2, -0.15) is 0 Å². The van der Waals surface area contributed by atoms with E-state index in [1.165, 1.54) is 0 Å². The molecule has 0 bridgehead atoms. The Kier molecular flexibility index (Phi) is 4.73. The Bertz CT molecular complexity index is 1160. The molecule has 2 aliphatic rings. The lowest BCUT2D eigenvalue weighted by molar-refractivity contribution is -0.127. The first kappa shape index (κ1) is 19.7.